The Kier molecular flexibility index (Phi) is 13.7. The Labute approximate surface area is 93.0 Å². The number of ether oxygens (including phenoxy) is 2. The second-order valence-corrected chi connectivity index (χ2v) is 3.41. The normalized spacial score (nSPS) is 10.8. The molecule has 92 valence electrons. The molecule has 0 bridgehead atoms. The zero-order valence-corrected chi connectivity index (χ0v) is 9.83. The lowest BCUT2D eigenvalue weighted by Gasteiger charge is -2.05. The molecule has 0 aliphatic heterocycles. The van der Waals surface area contributed by atoms with Gasteiger partial charge in [-0.2, -0.15) is 0 Å². The second-order valence-electron chi connectivity index (χ2n) is 3.41. The van der Waals surface area contributed by atoms with E-state index < -0.39 is 0 Å². The van der Waals surface area contributed by atoms with Crippen LogP contribution < -0.4 is 5.32 Å². The predicted molar refractivity (Wildman–Crippen MR) is 61.1 cm³/mol. The van der Waals surface area contributed by atoms with Crippen molar-refractivity contribution >= 4 is 0 Å². The van der Waals surface area contributed by atoms with Crippen molar-refractivity contribution in [2.45, 2.75) is 26.2 Å². The van der Waals surface area contributed by atoms with Crippen LogP contribution >= 0.6 is 0 Å². The minimum atomic E-state index is 0.0847. The van der Waals surface area contributed by atoms with Gasteiger partial charge in [0.1, 0.15) is 0 Å². The van der Waals surface area contributed by atoms with Crippen LogP contribution in [0.2, 0.25) is 0 Å². The Morgan fingerprint density at radius 2 is 1.60 bits per heavy atom. The summed E-state index contributed by atoms with van der Waals surface area (Å²) in [7, 11) is 0. The second kappa shape index (κ2) is 13.8. The van der Waals surface area contributed by atoms with Crippen molar-refractivity contribution in [3.8, 4) is 0 Å². The van der Waals surface area contributed by atoms with E-state index in [1.54, 1.807) is 0 Å². The van der Waals surface area contributed by atoms with Crippen LogP contribution in [0.15, 0.2) is 0 Å². The highest BCUT2D eigenvalue weighted by Crippen LogP contribution is 1.85. The Hall–Kier alpha value is -0.160. The molecule has 0 aromatic carbocycles. The summed E-state index contributed by atoms with van der Waals surface area (Å²) in [5, 5.41) is 11.8. The number of nitrogens with one attached hydrogen (secondary N) is 1. The molecule has 4 nitrogen and oxygen atoms in total. The first-order valence-corrected chi connectivity index (χ1v) is 5.89. The highest BCUT2D eigenvalue weighted by molar-refractivity contribution is 4.46. The molecule has 0 aromatic rings. The summed E-state index contributed by atoms with van der Waals surface area (Å²) in [4.78, 5) is 0. The molecule has 15 heavy (non-hydrogen) atoms. The third kappa shape index (κ3) is 13.8. The van der Waals surface area contributed by atoms with Gasteiger partial charge in [0.2, 0.25) is 0 Å². The van der Waals surface area contributed by atoms with E-state index in [4.69, 9.17) is 14.6 Å². The van der Waals surface area contributed by atoms with E-state index in [1.807, 2.05) is 0 Å². The molecule has 0 saturated heterocycles. The topological polar surface area (TPSA) is 50.7 Å². The molecule has 0 spiro atoms. The minimum Gasteiger partial charge on any atom is -0.394 e. The van der Waals surface area contributed by atoms with Crippen molar-refractivity contribution in [2.75, 3.05) is 46.1 Å². The first-order chi connectivity index (χ1) is 7.41. The maximum absolute atomic E-state index is 8.44. The molecule has 0 amide bonds. The van der Waals surface area contributed by atoms with Crippen LogP contribution in [0.5, 0.6) is 0 Å². The fourth-order valence-electron chi connectivity index (χ4n) is 1.11. The molecule has 0 unspecified atom stereocenters. The van der Waals surface area contributed by atoms with Crippen LogP contribution in [0.25, 0.3) is 0 Å². The molecule has 0 radical (unpaired) electrons. The van der Waals surface area contributed by atoms with Gasteiger partial charge < -0.3 is 19.9 Å². The summed E-state index contributed by atoms with van der Waals surface area (Å²) in [5.41, 5.74) is 0. The maximum atomic E-state index is 8.44. The van der Waals surface area contributed by atoms with Crippen molar-refractivity contribution in [1.82, 2.24) is 5.32 Å². The molecule has 4 heteroatoms. The summed E-state index contributed by atoms with van der Waals surface area (Å²) < 4.78 is 10.4. The number of unbranched alkanes of at least 4 members (excludes halogenated alkanes) is 1. The van der Waals surface area contributed by atoms with E-state index in [-0.39, 0.29) is 6.61 Å². The quantitative estimate of drug-likeness (QED) is 0.477. The number of aliphatic hydroxyl groups excluding tert-OH is 1. The third-order valence-electron chi connectivity index (χ3n) is 1.96. The van der Waals surface area contributed by atoms with Gasteiger partial charge in [0.25, 0.3) is 0 Å². The van der Waals surface area contributed by atoms with Gasteiger partial charge in [0.05, 0.1) is 26.4 Å². The smallest absolute Gasteiger partial charge is 0.0701 e. The zero-order valence-electron chi connectivity index (χ0n) is 9.83. The van der Waals surface area contributed by atoms with E-state index in [2.05, 4.69) is 12.2 Å². The molecule has 0 saturated carbocycles. The Morgan fingerprint density at radius 3 is 2.27 bits per heavy atom. The van der Waals surface area contributed by atoms with E-state index >= 15 is 0 Å². The molecule has 0 aliphatic rings. The maximum Gasteiger partial charge on any atom is 0.0701 e. The molecule has 0 heterocycles. The first kappa shape index (κ1) is 14.8. The van der Waals surface area contributed by atoms with E-state index in [0.717, 1.165) is 26.1 Å². The lowest BCUT2D eigenvalue weighted by molar-refractivity contribution is 0.0326. The van der Waals surface area contributed by atoms with Crippen LogP contribution in [0.4, 0.5) is 0 Å². The molecule has 0 fully saturated rings. The van der Waals surface area contributed by atoms with Gasteiger partial charge in [-0.1, -0.05) is 13.3 Å². The molecule has 2 N–H and O–H groups in total. The lowest BCUT2D eigenvalue weighted by Crippen LogP contribution is -2.18. The van der Waals surface area contributed by atoms with Crippen LogP contribution in [-0.2, 0) is 9.47 Å². The van der Waals surface area contributed by atoms with Crippen LogP contribution in [-0.4, -0.2) is 51.2 Å². The Bertz CT molecular complexity index is 100. The monoisotopic (exact) mass is 219 g/mol. The van der Waals surface area contributed by atoms with Crippen molar-refractivity contribution in [3.63, 3.8) is 0 Å². The van der Waals surface area contributed by atoms with Gasteiger partial charge >= 0.3 is 0 Å². The SMILES string of the molecule is CCCCNCCCOCCOCCO. The average Bonchev–Trinajstić information content (AvgIpc) is 2.26. The predicted octanol–water partition coefficient (Wildman–Crippen LogP) is 0.792. The highest BCUT2D eigenvalue weighted by Gasteiger charge is 1.90. The van der Waals surface area contributed by atoms with Crippen molar-refractivity contribution in [2.24, 2.45) is 0 Å². The van der Waals surface area contributed by atoms with E-state index in [1.165, 1.54) is 12.8 Å². The van der Waals surface area contributed by atoms with Crippen LogP contribution in [0.3, 0.4) is 0 Å². The number of hydrogen-bond acceptors (Lipinski definition) is 4. The first-order valence-electron chi connectivity index (χ1n) is 5.89. The number of rotatable bonds is 12. The van der Waals surface area contributed by atoms with Crippen LogP contribution in [0.1, 0.15) is 26.2 Å². The standard InChI is InChI=1S/C11H25NO3/c1-2-3-5-12-6-4-8-14-10-11-15-9-7-13/h12-13H,2-11H2,1H3. The Morgan fingerprint density at radius 1 is 0.933 bits per heavy atom. The van der Waals surface area contributed by atoms with Crippen LogP contribution in [0, 0.1) is 0 Å². The van der Waals surface area contributed by atoms with E-state index in [0.29, 0.717) is 19.8 Å². The molecule has 0 aliphatic carbocycles. The summed E-state index contributed by atoms with van der Waals surface area (Å²) in [5.74, 6) is 0. The largest absolute Gasteiger partial charge is 0.394 e. The average molecular weight is 219 g/mol. The van der Waals surface area contributed by atoms with E-state index in [9.17, 15) is 0 Å². The molecular weight excluding hydrogens is 194 g/mol. The molecule has 0 atom stereocenters. The third-order valence-corrected chi connectivity index (χ3v) is 1.96. The fourth-order valence-corrected chi connectivity index (χ4v) is 1.11. The summed E-state index contributed by atoms with van der Waals surface area (Å²) in [6, 6.07) is 0. The minimum absolute atomic E-state index is 0.0847. The number of aliphatic hydroxyl groups is 1. The van der Waals surface area contributed by atoms with Gasteiger partial charge in [-0.05, 0) is 25.9 Å². The van der Waals surface area contributed by atoms with Gasteiger partial charge in [0.15, 0.2) is 0 Å². The van der Waals surface area contributed by atoms with Crippen molar-refractivity contribution in [1.29, 1.82) is 0 Å². The summed E-state index contributed by atoms with van der Waals surface area (Å²) in [6.07, 6.45) is 3.53. The number of hydrogen-bond donors (Lipinski definition) is 2. The lowest BCUT2D eigenvalue weighted by atomic mass is 10.3. The van der Waals surface area contributed by atoms with Gasteiger partial charge in [-0.25, -0.2) is 0 Å². The van der Waals surface area contributed by atoms with Crippen molar-refractivity contribution in [3.05, 3.63) is 0 Å². The zero-order chi connectivity index (χ0) is 11.2. The van der Waals surface area contributed by atoms with Gasteiger partial charge in [0, 0.05) is 6.61 Å². The molecular formula is C11H25NO3. The fraction of sp³-hybridized carbons (Fsp3) is 1.00. The molecule has 0 rings (SSSR count). The summed E-state index contributed by atoms with van der Waals surface area (Å²) >= 11 is 0. The van der Waals surface area contributed by atoms with Gasteiger partial charge in [-0.15, -0.1) is 0 Å². The molecule has 0 aromatic heterocycles. The highest BCUT2D eigenvalue weighted by atomic mass is 16.5. The Balaban J connectivity index is 2.81. The van der Waals surface area contributed by atoms with Gasteiger partial charge in [-0.3, -0.25) is 0 Å². The summed E-state index contributed by atoms with van der Waals surface area (Å²) in [6.45, 7) is 6.79. The van der Waals surface area contributed by atoms with Crippen molar-refractivity contribution < 1.29 is 14.6 Å².